The second-order valence-electron chi connectivity index (χ2n) is 10.3. The van der Waals surface area contributed by atoms with Crippen LogP contribution in [0.2, 0.25) is 0 Å². The van der Waals surface area contributed by atoms with Crippen LogP contribution in [0.15, 0.2) is 36.1 Å². The van der Waals surface area contributed by atoms with E-state index in [0.29, 0.717) is 44.3 Å². The number of allylic oxidation sites excluding steroid dienone is 1. The number of hydrogen-bond acceptors (Lipinski definition) is 8. The first-order valence-electron chi connectivity index (χ1n) is 13.8. The average molecular weight is 532 g/mol. The van der Waals surface area contributed by atoms with E-state index in [0.717, 1.165) is 17.9 Å². The number of amides is 1. The maximum atomic E-state index is 13.4. The van der Waals surface area contributed by atoms with Gasteiger partial charge < -0.3 is 34.1 Å². The molecule has 1 aromatic carbocycles. The largest absolute Gasteiger partial charge is 0.465 e. The number of fused-ring (bicyclic) bond motifs is 2. The lowest BCUT2D eigenvalue weighted by atomic mass is 9.81. The van der Waals surface area contributed by atoms with Crippen molar-refractivity contribution < 1.29 is 38.4 Å². The Morgan fingerprint density at radius 2 is 1.82 bits per heavy atom. The van der Waals surface area contributed by atoms with Crippen LogP contribution in [-0.2, 0) is 28.5 Å². The molecule has 2 N–H and O–H groups in total. The minimum atomic E-state index is -0.620. The standard InChI is InChI=1S/C29H41NO8/c1-3-37-29-23(10-12-35-14-15-36-13-11-31)24(20-6-8-21(9-7-20)28(33)34-2)18-26(38-29)27(32)30-25-17-19-4-5-22(25)16-19/h6-9,18-19,22-25,29,31H,3-5,10-17H2,1-2H3,(H,30,32)/t19?,22?,23-,24+,25?,29+/m1/s1. The molecule has 2 bridgehead atoms. The van der Waals surface area contributed by atoms with Crippen molar-refractivity contribution in [1.29, 1.82) is 0 Å². The van der Waals surface area contributed by atoms with Crippen LogP contribution < -0.4 is 5.32 Å². The van der Waals surface area contributed by atoms with Crippen molar-refractivity contribution in [3.63, 3.8) is 0 Å². The number of carbonyl (C=O) groups is 2. The number of benzene rings is 1. The third kappa shape index (κ3) is 7.14. The van der Waals surface area contributed by atoms with Crippen molar-refractivity contribution in [2.24, 2.45) is 17.8 Å². The maximum Gasteiger partial charge on any atom is 0.337 e. The summed E-state index contributed by atoms with van der Waals surface area (Å²) in [4.78, 5) is 25.3. The Morgan fingerprint density at radius 3 is 2.45 bits per heavy atom. The Hall–Kier alpha value is -2.46. The highest BCUT2D eigenvalue weighted by Crippen LogP contribution is 2.45. The van der Waals surface area contributed by atoms with Crippen LogP contribution in [0.3, 0.4) is 0 Å². The third-order valence-corrected chi connectivity index (χ3v) is 7.91. The Kier molecular flexibility index (Phi) is 10.6. The van der Waals surface area contributed by atoms with Crippen molar-refractivity contribution in [3.8, 4) is 0 Å². The lowest BCUT2D eigenvalue weighted by Crippen LogP contribution is -2.43. The van der Waals surface area contributed by atoms with Gasteiger partial charge in [0.2, 0.25) is 6.29 Å². The van der Waals surface area contributed by atoms with Gasteiger partial charge in [-0.3, -0.25) is 4.79 Å². The fourth-order valence-corrected chi connectivity index (χ4v) is 6.04. The van der Waals surface area contributed by atoms with Gasteiger partial charge in [0.15, 0.2) is 5.76 Å². The van der Waals surface area contributed by atoms with E-state index < -0.39 is 12.3 Å². The minimum Gasteiger partial charge on any atom is -0.465 e. The molecule has 1 heterocycles. The monoisotopic (exact) mass is 531 g/mol. The molecule has 2 fully saturated rings. The molecule has 1 aliphatic heterocycles. The molecule has 1 amide bonds. The first kappa shape index (κ1) is 28.5. The summed E-state index contributed by atoms with van der Waals surface area (Å²) < 4.78 is 28.1. The molecule has 6 atom stereocenters. The van der Waals surface area contributed by atoms with Crippen LogP contribution in [0.1, 0.15) is 60.9 Å². The van der Waals surface area contributed by atoms with Gasteiger partial charge in [0.05, 0.1) is 39.1 Å². The molecular weight excluding hydrogens is 490 g/mol. The smallest absolute Gasteiger partial charge is 0.337 e. The van der Waals surface area contributed by atoms with E-state index in [1.807, 2.05) is 25.1 Å². The lowest BCUT2D eigenvalue weighted by molar-refractivity contribution is -0.168. The van der Waals surface area contributed by atoms with Gasteiger partial charge in [-0.25, -0.2) is 4.79 Å². The van der Waals surface area contributed by atoms with E-state index in [1.165, 1.54) is 26.4 Å². The fraction of sp³-hybridized carbons (Fsp3) is 0.655. The number of carbonyl (C=O) groups excluding carboxylic acids is 2. The van der Waals surface area contributed by atoms with Gasteiger partial charge in [0.25, 0.3) is 5.91 Å². The number of rotatable bonds is 14. The van der Waals surface area contributed by atoms with E-state index in [2.05, 4.69) is 5.32 Å². The predicted molar refractivity (Wildman–Crippen MR) is 139 cm³/mol. The quantitative estimate of drug-likeness (QED) is 0.278. The second-order valence-corrected chi connectivity index (χ2v) is 10.3. The van der Waals surface area contributed by atoms with Crippen LogP contribution in [0, 0.1) is 17.8 Å². The van der Waals surface area contributed by atoms with Crippen molar-refractivity contribution in [2.45, 2.75) is 57.3 Å². The Labute approximate surface area is 224 Å². The highest BCUT2D eigenvalue weighted by molar-refractivity contribution is 5.92. The number of aliphatic hydroxyl groups is 1. The summed E-state index contributed by atoms with van der Waals surface area (Å²) in [5.74, 6) is 0.678. The van der Waals surface area contributed by atoms with Crippen LogP contribution >= 0.6 is 0 Å². The summed E-state index contributed by atoms with van der Waals surface area (Å²) in [6.45, 7) is 3.89. The SMILES string of the molecule is CCO[C@H]1OC(C(=O)NC2CC3CCC2C3)=C[C@@H](c2ccc(C(=O)OC)cc2)[C@H]1CCOCCOCCO. The molecule has 0 saturated heterocycles. The first-order valence-corrected chi connectivity index (χ1v) is 13.8. The number of aliphatic hydroxyl groups excluding tert-OH is 1. The van der Waals surface area contributed by atoms with Crippen molar-refractivity contribution in [3.05, 3.63) is 47.2 Å². The summed E-state index contributed by atoms with van der Waals surface area (Å²) in [7, 11) is 1.36. The van der Waals surface area contributed by atoms with Gasteiger partial charge in [-0.15, -0.1) is 0 Å². The number of nitrogens with one attached hydrogen (secondary N) is 1. The Morgan fingerprint density at radius 1 is 1.05 bits per heavy atom. The number of hydrogen-bond donors (Lipinski definition) is 2. The molecule has 9 heteroatoms. The zero-order chi connectivity index (χ0) is 26.9. The molecule has 0 radical (unpaired) electrons. The van der Waals surface area contributed by atoms with Crippen LogP contribution in [0.4, 0.5) is 0 Å². The van der Waals surface area contributed by atoms with E-state index >= 15 is 0 Å². The Balaban J connectivity index is 1.51. The van der Waals surface area contributed by atoms with Crippen LogP contribution in [-0.4, -0.2) is 76.1 Å². The maximum absolute atomic E-state index is 13.4. The minimum absolute atomic E-state index is 0.0177. The molecular formula is C29H41NO8. The second kappa shape index (κ2) is 14.1. The molecule has 3 aliphatic rings. The van der Waals surface area contributed by atoms with E-state index in [4.69, 9.17) is 28.8 Å². The summed E-state index contributed by atoms with van der Waals surface area (Å²) >= 11 is 0. The molecule has 3 unspecified atom stereocenters. The molecule has 4 rings (SSSR count). The summed E-state index contributed by atoms with van der Waals surface area (Å²) in [6.07, 6.45) is 6.59. The zero-order valence-electron chi connectivity index (χ0n) is 22.4. The molecule has 38 heavy (non-hydrogen) atoms. The van der Waals surface area contributed by atoms with Crippen molar-refractivity contribution in [1.82, 2.24) is 5.32 Å². The van der Waals surface area contributed by atoms with Crippen LogP contribution in [0.25, 0.3) is 0 Å². The average Bonchev–Trinajstić information content (AvgIpc) is 3.56. The molecule has 210 valence electrons. The zero-order valence-corrected chi connectivity index (χ0v) is 22.4. The van der Waals surface area contributed by atoms with E-state index in [-0.39, 0.29) is 42.8 Å². The predicted octanol–water partition coefficient (Wildman–Crippen LogP) is 3.17. The van der Waals surface area contributed by atoms with Gasteiger partial charge in [0, 0.05) is 31.1 Å². The van der Waals surface area contributed by atoms with Gasteiger partial charge in [-0.1, -0.05) is 18.6 Å². The van der Waals surface area contributed by atoms with Gasteiger partial charge in [0.1, 0.15) is 0 Å². The molecule has 2 saturated carbocycles. The third-order valence-electron chi connectivity index (χ3n) is 7.91. The molecule has 2 aliphatic carbocycles. The highest BCUT2D eigenvalue weighted by atomic mass is 16.7. The molecule has 9 nitrogen and oxygen atoms in total. The van der Waals surface area contributed by atoms with Gasteiger partial charge >= 0.3 is 5.97 Å². The number of ether oxygens (including phenoxy) is 5. The summed E-state index contributed by atoms with van der Waals surface area (Å²) in [5.41, 5.74) is 1.41. The molecule has 0 aromatic heterocycles. The van der Waals surface area contributed by atoms with E-state index in [1.54, 1.807) is 12.1 Å². The highest BCUT2D eigenvalue weighted by Gasteiger charge is 2.42. The lowest BCUT2D eigenvalue weighted by Gasteiger charge is -2.37. The van der Waals surface area contributed by atoms with E-state index in [9.17, 15) is 9.59 Å². The number of methoxy groups -OCH3 is 1. The number of esters is 1. The van der Waals surface area contributed by atoms with Gasteiger partial charge in [-0.05, 0) is 68.2 Å². The summed E-state index contributed by atoms with van der Waals surface area (Å²) in [6, 6.07) is 7.46. The molecule has 1 aromatic rings. The first-order chi connectivity index (χ1) is 18.5. The molecule has 0 spiro atoms. The normalized spacial score (nSPS) is 28.0. The fourth-order valence-electron chi connectivity index (χ4n) is 6.04. The van der Waals surface area contributed by atoms with Crippen LogP contribution in [0.5, 0.6) is 0 Å². The Bertz CT molecular complexity index is 948. The summed E-state index contributed by atoms with van der Waals surface area (Å²) in [5, 5.41) is 12.1. The van der Waals surface area contributed by atoms with Crippen molar-refractivity contribution >= 4 is 11.9 Å². The topological polar surface area (TPSA) is 113 Å². The van der Waals surface area contributed by atoms with Gasteiger partial charge in [-0.2, -0.15) is 0 Å². The van der Waals surface area contributed by atoms with Crippen molar-refractivity contribution in [2.75, 3.05) is 46.8 Å².